The maximum atomic E-state index is 11.6. The van der Waals surface area contributed by atoms with Crippen LogP contribution >= 0.6 is 11.6 Å². The van der Waals surface area contributed by atoms with Crippen molar-refractivity contribution in [2.75, 3.05) is 13.7 Å². The fourth-order valence-electron chi connectivity index (χ4n) is 4.61. The van der Waals surface area contributed by atoms with Crippen LogP contribution in [0.3, 0.4) is 0 Å². The largest absolute Gasteiger partial charge is 0.417 e. The first-order valence-corrected chi connectivity index (χ1v) is 16.4. The van der Waals surface area contributed by atoms with Gasteiger partial charge in [-0.3, -0.25) is 0 Å². The summed E-state index contributed by atoms with van der Waals surface area (Å²) in [6.45, 7) is 16.7. The number of aliphatic hydroxyl groups excluding tert-OH is 1. The Labute approximate surface area is 225 Å². The monoisotopic (exact) mass is 525 g/mol. The molecule has 5 heteroatoms. The quantitative estimate of drug-likeness (QED) is 0.262. The zero-order valence-electron chi connectivity index (χ0n) is 23.3. The summed E-state index contributed by atoms with van der Waals surface area (Å²) < 4.78 is 6.41. The van der Waals surface area contributed by atoms with Crippen LogP contribution in [0.2, 0.25) is 23.2 Å². The Balaban J connectivity index is 1.90. The molecule has 1 heterocycles. The van der Waals surface area contributed by atoms with Crippen molar-refractivity contribution in [3.05, 3.63) is 93.7 Å². The molecule has 36 heavy (non-hydrogen) atoms. The van der Waals surface area contributed by atoms with Crippen LogP contribution < -0.4 is 0 Å². The van der Waals surface area contributed by atoms with Gasteiger partial charge >= 0.3 is 0 Å². The molecule has 2 aromatic rings. The maximum absolute atomic E-state index is 11.6. The molecule has 0 amide bonds. The van der Waals surface area contributed by atoms with Crippen molar-refractivity contribution in [2.45, 2.75) is 83.7 Å². The van der Waals surface area contributed by atoms with Gasteiger partial charge in [-0.15, -0.1) is 0 Å². The Morgan fingerprint density at radius 3 is 2.31 bits per heavy atom. The molecule has 3 rings (SSSR count). The first-order chi connectivity index (χ1) is 16.8. The molecule has 0 bridgehead atoms. The average Bonchev–Trinajstić information content (AvgIpc) is 2.81. The van der Waals surface area contributed by atoms with Crippen molar-refractivity contribution in [3.63, 3.8) is 0 Å². The number of hydrogen-bond donors (Lipinski definition) is 1. The Morgan fingerprint density at radius 1 is 1.06 bits per heavy atom. The van der Waals surface area contributed by atoms with E-state index >= 15 is 0 Å². The minimum Gasteiger partial charge on any atom is -0.417 e. The summed E-state index contributed by atoms with van der Waals surface area (Å²) in [5.41, 5.74) is 5.62. The molecule has 0 aliphatic carbocycles. The summed E-state index contributed by atoms with van der Waals surface area (Å²) in [4.78, 5) is 2.26. The number of halogens is 1. The van der Waals surface area contributed by atoms with Gasteiger partial charge in [0.15, 0.2) is 8.32 Å². The predicted molar refractivity (Wildman–Crippen MR) is 156 cm³/mol. The lowest BCUT2D eigenvalue weighted by Crippen LogP contribution is -2.40. The molecule has 196 valence electrons. The van der Waals surface area contributed by atoms with E-state index in [0.717, 1.165) is 30.6 Å². The Hall–Kier alpha value is -1.85. The third-order valence-electron chi connectivity index (χ3n) is 7.74. The van der Waals surface area contributed by atoms with Crippen LogP contribution in [-0.2, 0) is 4.43 Å². The fourth-order valence-corrected chi connectivity index (χ4v) is 5.82. The number of nitrogens with zero attached hydrogens (tertiary/aromatic N) is 1. The molecule has 2 unspecified atom stereocenters. The molecule has 2 atom stereocenters. The van der Waals surface area contributed by atoms with Gasteiger partial charge < -0.3 is 14.4 Å². The number of rotatable bonds is 9. The number of hydrogen-bond acceptors (Lipinski definition) is 3. The van der Waals surface area contributed by atoms with E-state index in [0.29, 0.717) is 10.9 Å². The first-order valence-electron chi connectivity index (χ1n) is 13.1. The molecule has 0 spiro atoms. The molecule has 1 aliphatic rings. The average molecular weight is 526 g/mol. The molecule has 2 aromatic carbocycles. The molecule has 0 radical (unpaired) electrons. The summed E-state index contributed by atoms with van der Waals surface area (Å²) >= 11 is 6.14. The van der Waals surface area contributed by atoms with Gasteiger partial charge in [0.25, 0.3) is 0 Å². The first kappa shape index (κ1) is 28.7. The van der Waals surface area contributed by atoms with Crippen LogP contribution in [-0.4, -0.2) is 32.0 Å². The molecule has 0 fully saturated rings. The molecular weight excluding hydrogens is 482 g/mol. The molecule has 1 aliphatic heterocycles. The second-order valence-corrected chi connectivity index (χ2v) is 17.1. The lowest BCUT2D eigenvalue weighted by atomic mass is 9.82. The van der Waals surface area contributed by atoms with Gasteiger partial charge in [0, 0.05) is 24.9 Å². The number of aliphatic hydroxyl groups is 1. The van der Waals surface area contributed by atoms with Gasteiger partial charge in [0.2, 0.25) is 0 Å². The Kier molecular flexibility index (Phi) is 9.32. The highest BCUT2D eigenvalue weighted by Gasteiger charge is 2.37. The lowest BCUT2D eigenvalue weighted by Gasteiger charge is -2.38. The summed E-state index contributed by atoms with van der Waals surface area (Å²) in [6, 6.07) is 16.1. The number of benzene rings is 2. The standard InChI is InChI=1S/C31H44ClNO2Si/c1-22(2)26-13-9-10-14-27(26)29-28(30(34)24-15-17-25(32)18-16-24)20-23(21-33(29)6)12-11-19-35-36(7,8)31(3,4)5/h9-10,13-18,20-22,29-30,34H,11-12,19H2,1-8H3. The maximum Gasteiger partial charge on any atom is 0.191 e. The summed E-state index contributed by atoms with van der Waals surface area (Å²) in [5.74, 6) is 0.390. The molecule has 0 aromatic heterocycles. The Bertz CT molecular complexity index is 1080. The number of likely N-dealkylation sites (N-methyl/N-ethyl adjacent to an activating group) is 1. The highest BCUT2D eigenvalue weighted by molar-refractivity contribution is 6.74. The van der Waals surface area contributed by atoms with E-state index < -0.39 is 14.4 Å². The normalized spacial score (nSPS) is 17.8. The molecule has 3 nitrogen and oxygen atoms in total. The second-order valence-electron chi connectivity index (χ2n) is 11.9. The zero-order valence-corrected chi connectivity index (χ0v) is 25.1. The van der Waals surface area contributed by atoms with Crippen LogP contribution in [0.4, 0.5) is 0 Å². The van der Waals surface area contributed by atoms with Gasteiger partial charge in [-0.1, -0.05) is 88.7 Å². The van der Waals surface area contributed by atoms with Crippen molar-refractivity contribution in [2.24, 2.45) is 0 Å². The van der Waals surface area contributed by atoms with Crippen molar-refractivity contribution >= 4 is 19.9 Å². The zero-order chi connectivity index (χ0) is 26.7. The van der Waals surface area contributed by atoms with Crippen LogP contribution in [0.5, 0.6) is 0 Å². The van der Waals surface area contributed by atoms with E-state index in [4.69, 9.17) is 16.0 Å². The summed E-state index contributed by atoms with van der Waals surface area (Å²) in [6.07, 6.45) is 5.61. The van der Waals surface area contributed by atoms with Gasteiger partial charge in [0.1, 0.15) is 6.10 Å². The summed E-state index contributed by atoms with van der Waals surface area (Å²) in [5, 5.41) is 12.5. The third kappa shape index (κ3) is 6.72. The van der Waals surface area contributed by atoms with E-state index in [1.807, 2.05) is 24.3 Å². The fraction of sp³-hybridized carbons (Fsp3) is 0.484. The Morgan fingerprint density at radius 2 is 1.69 bits per heavy atom. The SMILES string of the molecule is CC(C)c1ccccc1C1C(C(O)c2ccc(Cl)cc2)=CC(CCCO[Si](C)(C)C(C)(C)C)=CN1C. The smallest absolute Gasteiger partial charge is 0.191 e. The van der Waals surface area contributed by atoms with Crippen molar-refractivity contribution < 1.29 is 9.53 Å². The third-order valence-corrected chi connectivity index (χ3v) is 12.5. The topological polar surface area (TPSA) is 32.7 Å². The highest BCUT2D eigenvalue weighted by atomic mass is 35.5. The van der Waals surface area contributed by atoms with Gasteiger partial charge in [-0.25, -0.2) is 0 Å². The lowest BCUT2D eigenvalue weighted by molar-refractivity contribution is 0.187. The van der Waals surface area contributed by atoms with Gasteiger partial charge in [-0.05, 0) is 76.9 Å². The van der Waals surface area contributed by atoms with Crippen LogP contribution in [0, 0.1) is 0 Å². The van der Waals surface area contributed by atoms with Crippen LogP contribution in [0.15, 0.2) is 72.0 Å². The van der Waals surface area contributed by atoms with Gasteiger partial charge in [0.05, 0.1) is 6.04 Å². The van der Waals surface area contributed by atoms with Crippen LogP contribution in [0.1, 0.15) is 82.2 Å². The van der Waals surface area contributed by atoms with Crippen LogP contribution in [0.25, 0.3) is 0 Å². The number of allylic oxidation sites excluding steroid dienone is 2. The van der Waals surface area contributed by atoms with Crippen molar-refractivity contribution in [1.29, 1.82) is 0 Å². The molecule has 1 N–H and O–H groups in total. The van der Waals surface area contributed by atoms with E-state index in [2.05, 4.69) is 96.2 Å². The minimum absolute atomic E-state index is 0.0403. The molecule has 0 saturated carbocycles. The van der Waals surface area contributed by atoms with E-state index in [1.165, 1.54) is 16.7 Å². The summed E-state index contributed by atoms with van der Waals surface area (Å²) in [7, 11) is 0.367. The molecular formula is C31H44ClNO2Si. The van der Waals surface area contributed by atoms with Crippen molar-refractivity contribution in [1.82, 2.24) is 4.90 Å². The minimum atomic E-state index is -1.75. The highest BCUT2D eigenvalue weighted by Crippen LogP contribution is 2.43. The van der Waals surface area contributed by atoms with E-state index in [-0.39, 0.29) is 11.1 Å². The van der Waals surface area contributed by atoms with E-state index in [1.54, 1.807) is 0 Å². The second kappa shape index (κ2) is 11.7. The molecule has 0 saturated heterocycles. The van der Waals surface area contributed by atoms with Crippen molar-refractivity contribution in [3.8, 4) is 0 Å². The van der Waals surface area contributed by atoms with E-state index in [9.17, 15) is 5.11 Å². The van der Waals surface area contributed by atoms with Gasteiger partial charge in [-0.2, -0.15) is 0 Å². The predicted octanol–water partition coefficient (Wildman–Crippen LogP) is 8.80.